The molecule has 1 fully saturated rings. The van der Waals surface area contributed by atoms with E-state index < -0.39 is 0 Å². The third kappa shape index (κ3) is 2.50. The Labute approximate surface area is 129 Å². The van der Waals surface area contributed by atoms with Gasteiger partial charge in [0, 0.05) is 6.04 Å². The number of benzene rings is 1. The summed E-state index contributed by atoms with van der Waals surface area (Å²) in [6.07, 6.45) is 4.27. The van der Waals surface area contributed by atoms with Gasteiger partial charge in [-0.3, -0.25) is 4.79 Å². The van der Waals surface area contributed by atoms with Gasteiger partial charge in [-0.15, -0.1) is 0 Å². The normalized spacial score (nSPS) is 14.7. The van der Waals surface area contributed by atoms with Crippen LogP contribution in [-0.2, 0) is 0 Å². The number of ether oxygens (including phenoxy) is 1. The van der Waals surface area contributed by atoms with Crippen molar-refractivity contribution in [2.24, 2.45) is 0 Å². The second-order valence-electron chi connectivity index (χ2n) is 5.59. The minimum absolute atomic E-state index is 0.178. The van der Waals surface area contributed by atoms with Gasteiger partial charge < -0.3 is 9.30 Å². The summed E-state index contributed by atoms with van der Waals surface area (Å²) in [4.78, 5) is 12.6. The highest BCUT2D eigenvalue weighted by Crippen LogP contribution is 2.32. The minimum Gasteiger partial charge on any atom is -0.497 e. The Kier molecular flexibility index (Phi) is 3.97. The van der Waals surface area contributed by atoms with Gasteiger partial charge in [0.1, 0.15) is 17.4 Å². The Balaban J connectivity index is 2.15. The van der Waals surface area contributed by atoms with Crippen LogP contribution in [0.4, 0.5) is 0 Å². The van der Waals surface area contributed by atoms with E-state index in [0.29, 0.717) is 0 Å². The first-order chi connectivity index (χ1) is 10.7. The molecule has 1 aromatic heterocycles. The lowest BCUT2D eigenvalue weighted by atomic mass is 10.1. The number of rotatable bonds is 3. The molecule has 0 N–H and O–H groups in total. The Hall–Kier alpha value is -2.54. The van der Waals surface area contributed by atoms with Gasteiger partial charge in [-0.2, -0.15) is 5.26 Å². The first-order valence-corrected chi connectivity index (χ1v) is 7.54. The maximum absolute atomic E-state index is 12.6. The average molecular weight is 294 g/mol. The third-order valence-electron chi connectivity index (χ3n) is 4.31. The van der Waals surface area contributed by atoms with Crippen LogP contribution in [0.3, 0.4) is 0 Å². The van der Waals surface area contributed by atoms with E-state index in [4.69, 9.17) is 10.00 Å². The monoisotopic (exact) mass is 294 g/mol. The van der Waals surface area contributed by atoms with Crippen molar-refractivity contribution in [1.82, 2.24) is 4.57 Å². The maximum atomic E-state index is 12.6. The van der Waals surface area contributed by atoms with E-state index in [9.17, 15) is 4.79 Å². The Bertz CT molecular complexity index is 763. The van der Waals surface area contributed by atoms with E-state index in [-0.39, 0.29) is 17.2 Å². The number of pyridine rings is 1. The summed E-state index contributed by atoms with van der Waals surface area (Å²) < 4.78 is 7.00. The van der Waals surface area contributed by atoms with Crippen molar-refractivity contribution in [2.75, 3.05) is 7.11 Å². The summed E-state index contributed by atoms with van der Waals surface area (Å²) in [6, 6.07) is 13.4. The number of hydrogen-bond donors (Lipinski definition) is 0. The van der Waals surface area contributed by atoms with Gasteiger partial charge in [0.25, 0.3) is 5.56 Å². The predicted molar refractivity (Wildman–Crippen MR) is 84.9 cm³/mol. The van der Waals surface area contributed by atoms with Crippen molar-refractivity contribution < 1.29 is 4.74 Å². The number of hydrogen-bond acceptors (Lipinski definition) is 3. The topological polar surface area (TPSA) is 55.0 Å². The molecule has 1 aromatic carbocycles. The lowest BCUT2D eigenvalue weighted by Gasteiger charge is -2.19. The fourth-order valence-electron chi connectivity index (χ4n) is 3.16. The summed E-state index contributed by atoms with van der Waals surface area (Å²) >= 11 is 0. The van der Waals surface area contributed by atoms with Crippen molar-refractivity contribution in [3.05, 3.63) is 52.3 Å². The molecule has 0 radical (unpaired) electrons. The highest BCUT2D eigenvalue weighted by Gasteiger charge is 2.22. The van der Waals surface area contributed by atoms with Crippen LogP contribution in [-0.4, -0.2) is 11.7 Å². The lowest BCUT2D eigenvalue weighted by Crippen LogP contribution is -2.26. The standard InChI is InChI=1S/C18H18N2O2/c1-22-16-9-6-13(7-10-16)17-11-8-14(12-19)18(21)20(17)15-4-2-3-5-15/h6-11,15H,2-5H2,1H3. The summed E-state index contributed by atoms with van der Waals surface area (Å²) in [6.45, 7) is 0. The molecule has 0 saturated heterocycles. The summed E-state index contributed by atoms with van der Waals surface area (Å²) in [5.41, 5.74) is 1.87. The van der Waals surface area contributed by atoms with Crippen molar-refractivity contribution in [1.29, 1.82) is 5.26 Å². The van der Waals surface area contributed by atoms with Crippen LogP contribution in [0.5, 0.6) is 5.75 Å². The number of nitrogens with zero attached hydrogens (tertiary/aromatic N) is 2. The van der Waals surface area contributed by atoms with Crippen molar-refractivity contribution in [3.63, 3.8) is 0 Å². The minimum atomic E-state index is -0.178. The SMILES string of the molecule is COc1ccc(-c2ccc(C#N)c(=O)n2C2CCCC2)cc1. The molecule has 1 saturated carbocycles. The zero-order valence-corrected chi connectivity index (χ0v) is 12.6. The van der Waals surface area contributed by atoms with Crippen LogP contribution in [0.15, 0.2) is 41.2 Å². The molecule has 1 aliphatic rings. The van der Waals surface area contributed by atoms with E-state index in [1.165, 1.54) is 0 Å². The summed E-state index contributed by atoms with van der Waals surface area (Å²) in [5, 5.41) is 9.14. The fourth-order valence-corrected chi connectivity index (χ4v) is 3.16. The van der Waals surface area contributed by atoms with Crippen LogP contribution in [0.2, 0.25) is 0 Å². The van der Waals surface area contributed by atoms with Gasteiger partial charge in [-0.25, -0.2) is 0 Å². The van der Waals surface area contributed by atoms with E-state index in [1.807, 2.05) is 41.0 Å². The molecule has 1 aliphatic carbocycles. The molecule has 0 atom stereocenters. The summed E-state index contributed by atoms with van der Waals surface area (Å²) in [5.74, 6) is 0.784. The second-order valence-corrected chi connectivity index (χ2v) is 5.59. The molecule has 0 spiro atoms. The molecule has 22 heavy (non-hydrogen) atoms. The van der Waals surface area contributed by atoms with Crippen molar-refractivity contribution >= 4 is 0 Å². The van der Waals surface area contributed by atoms with Crippen LogP contribution >= 0.6 is 0 Å². The average Bonchev–Trinajstić information content (AvgIpc) is 3.08. The van der Waals surface area contributed by atoms with Crippen molar-refractivity contribution in [3.8, 4) is 23.1 Å². The van der Waals surface area contributed by atoms with E-state index in [2.05, 4.69) is 0 Å². The van der Waals surface area contributed by atoms with Gasteiger partial charge >= 0.3 is 0 Å². The van der Waals surface area contributed by atoms with Gasteiger partial charge in [0.15, 0.2) is 0 Å². The smallest absolute Gasteiger partial charge is 0.269 e. The molecule has 4 nitrogen and oxygen atoms in total. The predicted octanol–water partition coefficient (Wildman–Crippen LogP) is 3.51. The third-order valence-corrected chi connectivity index (χ3v) is 4.31. The maximum Gasteiger partial charge on any atom is 0.269 e. The molecule has 0 bridgehead atoms. The molecular formula is C18H18N2O2. The number of methoxy groups -OCH3 is 1. The molecule has 4 heteroatoms. The molecule has 1 heterocycles. The highest BCUT2D eigenvalue weighted by molar-refractivity contribution is 5.61. The van der Waals surface area contributed by atoms with E-state index in [0.717, 1.165) is 42.7 Å². The number of aromatic nitrogens is 1. The molecule has 0 amide bonds. The molecule has 0 aliphatic heterocycles. The summed E-state index contributed by atoms with van der Waals surface area (Å²) in [7, 11) is 1.63. The fraction of sp³-hybridized carbons (Fsp3) is 0.333. The quantitative estimate of drug-likeness (QED) is 0.870. The van der Waals surface area contributed by atoms with Crippen LogP contribution in [0, 0.1) is 11.3 Å². The lowest BCUT2D eigenvalue weighted by molar-refractivity contribution is 0.415. The zero-order valence-electron chi connectivity index (χ0n) is 12.6. The molecule has 112 valence electrons. The molecular weight excluding hydrogens is 276 g/mol. The Morgan fingerprint density at radius 2 is 1.82 bits per heavy atom. The van der Waals surface area contributed by atoms with Crippen LogP contribution in [0.1, 0.15) is 37.3 Å². The van der Waals surface area contributed by atoms with Gasteiger partial charge in [-0.05, 0) is 54.8 Å². The largest absolute Gasteiger partial charge is 0.497 e. The van der Waals surface area contributed by atoms with Gasteiger partial charge in [0.2, 0.25) is 0 Å². The Morgan fingerprint density at radius 3 is 2.41 bits per heavy atom. The number of nitriles is 1. The van der Waals surface area contributed by atoms with Gasteiger partial charge in [0.05, 0.1) is 12.8 Å². The van der Waals surface area contributed by atoms with Crippen LogP contribution in [0.25, 0.3) is 11.3 Å². The van der Waals surface area contributed by atoms with Crippen molar-refractivity contribution in [2.45, 2.75) is 31.7 Å². The zero-order chi connectivity index (χ0) is 15.5. The highest BCUT2D eigenvalue weighted by atomic mass is 16.5. The van der Waals surface area contributed by atoms with E-state index >= 15 is 0 Å². The first-order valence-electron chi connectivity index (χ1n) is 7.54. The Morgan fingerprint density at radius 1 is 1.14 bits per heavy atom. The second kappa shape index (κ2) is 6.07. The molecule has 2 aromatic rings. The van der Waals surface area contributed by atoms with Gasteiger partial charge in [-0.1, -0.05) is 12.8 Å². The molecule has 3 rings (SSSR count). The first kappa shape index (κ1) is 14.4. The molecule has 0 unspecified atom stereocenters. The van der Waals surface area contributed by atoms with E-state index in [1.54, 1.807) is 13.2 Å². The van der Waals surface area contributed by atoms with Crippen LogP contribution < -0.4 is 10.3 Å².